The van der Waals surface area contributed by atoms with Crippen molar-refractivity contribution in [2.75, 3.05) is 66.6 Å². The molecule has 0 saturated heterocycles. The number of alkyl halides is 1. The highest BCUT2D eigenvalue weighted by atomic mass is 35.5. The van der Waals surface area contributed by atoms with E-state index >= 15 is 0 Å². The molecule has 0 aliphatic heterocycles. The molecule has 392 valence electrons. The number of hydrogen-bond donors (Lipinski definition) is 3. The molecule has 0 fully saturated rings. The van der Waals surface area contributed by atoms with Crippen LogP contribution in [0.15, 0.2) is 74.9 Å². The molecule has 2 aromatic carbocycles. The van der Waals surface area contributed by atoms with Crippen molar-refractivity contribution in [2.24, 2.45) is 0 Å². The summed E-state index contributed by atoms with van der Waals surface area (Å²) in [5.74, 6) is -3.08. The quantitative estimate of drug-likeness (QED) is 0.0169. The largest absolute Gasteiger partial charge is 0.493 e. The third kappa shape index (κ3) is 26.3. The van der Waals surface area contributed by atoms with E-state index in [0.29, 0.717) is 5.56 Å². The molecule has 0 radical (unpaired) electrons. The topological polar surface area (TPSA) is 332 Å². The number of nitrogens with zero attached hydrogens (tertiary/aromatic N) is 2. The summed E-state index contributed by atoms with van der Waals surface area (Å²) in [6.07, 6.45) is 2.23. The van der Waals surface area contributed by atoms with Gasteiger partial charge in [0.25, 0.3) is 11.4 Å². The zero-order valence-corrected chi connectivity index (χ0v) is 40.2. The fraction of sp³-hybridized carbons (Fsp3) is 0.435. The lowest BCUT2D eigenvalue weighted by Gasteiger charge is -2.17. The summed E-state index contributed by atoms with van der Waals surface area (Å²) < 4.78 is 45.2. The first-order valence-corrected chi connectivity index (χ1v) is 21.6. The second kappa shape index (κ2) is 36.7. The number of carbonyl (C=O) groups is 6. The van der Waals surface area contributed by atoms with Gasteiger partial charge in [-0.15, -0.1) is 11.6 Å². The maximum atomic E-state index is 11.9. The highest BCUT2D eigenvalue weighted by Crippen LogP contribution is 2.39. The first-order valence-electron chi connectivity index (χ1n) is 21.2. The minimum absolute atomic E-state index is 0.00150. The van der Waals surface area contributed by atoms with Crippen molar-refractivity contribution in [3.8, 4) is 17.2 Å². The standard InChI is InChI=1S/C23H29NO11.C18H22ClNO8.C5H8O3/c1-5-22(27)34-11-10-32-15(3)16-12-20(31-4)21(13-17(16)24(29)30)33-9-7-8-18(25)19(26)14-35-23(28)6-2;1-3-17(22)27-7-8-28-18(23)5-4-6-26-16-10-15(20(24)25)14(12(2)19)9-13(16)11-21;1-2-5(7)8-4-3-6/h5-6,12-13,15,19,26H,1-2,7-11,14H2,3-4H3;3,9-10,12,21H,1,4-8,11H2,2H3;2,6H,1,3-4H2. The van der Waals surface area contributed by atoms with E-state index in [-0.39, 0.29) is 125 Å². The number of hydrogen-bond acceptors (Lipinski definition) is 22. The van der Waals surface area contributed by atoms with Gasteiger partial charge in [0.05, 0.1) is 79.2 Å². The minimum Gasteiger partial charge on any atom is -0.493 e. The number of aliphatic hydroxyl groups is 3. The monoisotopic (exact) mass is 1030 g/mol. The third-order valence-electron chi connectivity index (χ3n) is 8.60. The SMILES string of the molecule is C=CC(=O)OCCO.C=CC(=O)OCCOC(=O)CCCOc1cc([N+](=O)[O-])c(C(C)Cl)cc1CO.C=CC(=O)OCCOC(C)c1cc(OC)c(OCCCC(=O)C(O)COC(=O)C=C)cc1[N+](=O)[O-]. The molecule has 3 unspecified atom stereocenters. The zero-order chi connectivity index (χ0) is 53.9. The van der Waals surface area contributed by atoms with Gasteiger partial charge >= 0.3 is 29.8 Å². The zero-order valence-electron chi connectivity index (χ0n) is 39.4. The minimum atomic E-state index is -1.48. The number of rotatable bonds is 32. The van der Waals surface area contributed by atoms with Gasteiger partial charge in [0, 0.05) is 48.3 Å². The Morgan fingerprint density at radius 3 is 1.63 bits per heavy atom. The molecule has 0 spiro atoms. The predicted molar refractivity (Wildman–Crippen MR) is 250 cm³/mol. The Morgan fingerprint density at radius 1 is 0.648 bits per heavy atom. The van der Waals surface area contributed by atoms with Crippen LogP contribution in [0.4, 0.5) is 11.4 Å². The van der Waals surface area contributed by atoms with E-state index in [1.165, 1.54) is 31.4 Å². The Labute approximate surface area is 413 Å². The van der Waals surface area contributed by atoms with Crippen molar-refractivity contribution < 1.29 is 96.6 Å². The number of halogens is 1. The normalized spacial score (nSPS) is 11.4. The van der Waals surface area contributed by atoms with E-state index in [4.69, 9.17) is 45.1 Å². The predicted octanol–water partition coefficient (Wildman–Crippen LogP) is 4.75. The van der Waals surface area contributed by atoms with Crippen LogP contribution >= 0.6 is 11.6 Å². The Kier molecular flexibility index (Phi) is 32.9. The Bertz CT molecular complexity index is 2130. The molecule has 0 bridgehead atoms. The molecule has 0 saturated carbocycles. The lowest BCUT2D eigenvalue weighted by molar-refractivity contribution is -0.386. The summed E-state index contributed by atoms with van der Waals surface area (Å²) in [7, 11) is 1.36. The van der Waals surface area contributed by atoms with Crippen LogP contribution in [-0.4, -0.2) is 133 Å². The van der Waals surface area contributed by atoms with E-state index in [1.54, 1.807) is 13.8 Å². The number of ketones is 1. The van der Waals surface area contributed by atoms with Crippen molar-refractivity contribution in [1.82, 2.24) is 0 Å². The first-order chi connectivity index (χ1) is 33.7. The Morgan fingerprint density at radius 2 is 1.13 bits per heavy atom. The van der Waals surface area contributed by atoms with E-state index in [2.05, 4.69) is 40.5 Å². The summed E-state index contributed by atoms with van der Waals surface area (Å²) in [4.78, 5) is 88.2. The summed E-state index contributed by atoms with van der Waals surface area (Å²) in [5, 5.41) is 49.5. The van der Waals surface area contributed by atoms with Crippen LogP contribution in [0.1, 0.15) is 67.7 Å². The van der Waals surface area contributed by atoms with Crippen molar-refractivity contribution in [3.63, 3.8) is 0 Å². The molecule has 2 aromatic rings. The van der Waals surface area contributed by atoms with Crippen LogP contribution in [0.2, 0.25) is 0 Å². The average Bonchev–Trinajstić information content (AvgIpc) is 3.36. The Hall–Kier alpha value is -7.25. The van der Waals surface area contributed by atoms with Crippen molar-refractivity contribution in [1.29, 1.82) is 0 Å². The van der Waals surface area contributed by atoms with Crippen LogP contribution in [-0.2, 0) is 63.8 Å². The molecule has 71 heavy (non-hydrogen) atoms. The highest BCUT2D eigenvalue weighted by Gasteiger charge is 2.25. The average molecular weight is 1030 g/mol. The van der Waals surface area contributed by atoms with Gasteiger partial charge < -0.3 is 58.0 Å². The van der Waals surface area contributed by atoms with E-state index in [9.17, 15) is 59.2 Å². The van der Waals surface area contributed by atoms with Gasteiger partial charge in [-0.25, -0.2) is 19.2 Å². The van der Waals surface area contributed by atoms with Gasteiger partial charge in [0.1, 0.15) is 44.9 Å². The van der Waals surface area contributed by atoms with Crippen molar-refractivity contribution >= 4 is 58.6 Å². The molecular formula is C46H59ClN2O22. The van der Waals surface area contributed by atoms with Gasteiger partial charge in [0.15, 0.2) is 17.3 Å². The molecule has 25 heteroatoms. The molecule has 0 amide bonds. The fourth-order valence-electron chi connectivity index (χ4n) is 5.15. The molecule has 3 atom stereocenters. The van der Waals surface area contributed by atoms with Crippen LogP contribution < -0.4 is 14.2 Å². The molecule has 0 aromatic heterocycles. The summed E-state index contributed by atoms with van der Waals surface area (Å²) in [5.41, 5.74) is 0.389. The van der Waals surface area contributed by atoms with Gasteiger partial charge in [-0.05, 0) is 38.8 Å². The van der Waals surface area contributed by atoms with E-state index in [1.807, 2.05) is 0 Å². The fourth-order valence-corrected chi connectivity index (χ4v) is 5.32. The lowest BCUT2D eigenvalue weighted by Crippen LogP contribution is -2.27. The number of carbonyl (C=O) groups excluding carboxylic acids is 6. The molecule has 0 aliphatic carbocycles. The summed E-state index contributed by atoms with van der Waals surface area (Å²) in [6, 6.07) is 5.25. The number of benzene rings is 2. The third-order valence-corrected chi connectivity index (χ3v) is 8.84. The van der Waals surface area contributed by atoms with Crippen LogP contribution in [0.3, 0.4) is 0 Å². The number of ether oxygens (including phenoxy) is 9. The summed E-state index contributed by atoms with van der Waals surface area (Å²) in [6.45, 7) is 15.0. The molecular weight excluding hydrogens is 968 g/mol. The van der Waals surface area contributed by atoms with Crippen LogP contribution in [0.25, 0.3) is 0 Å². The molecule has 0 aliphatic rings. The number of methoxy groups -OCH3 is 1. The number of aliphatic hydroxyl groups excluding tert-OH is 3. The molecule has 0 heterocycles. The van der Waals surface area contributed by atoms with Gasteiger partial charge in [-0.3, -0.25) is 29.8 Å². The van der Waals surface area contributed by atoms with E-state index in [0.717, 1.165) is 24.3 Å². The van der Waals surface area contributed by atoms with Crippen LogP contribution in [0.5, 0.6) is 17.2 Å². The van der Waals surface area contributed by atoms with Crippen LogP contribution in [0, 0.1) is 20.2 Å². The molecule has 2 rings (SSSR count). The lowest BCUT2D eigenvalue weighted by atomic mass is 10.1. The van der Waals surface area contributed by atoms with E-state index < -0.39 is 69.7 Å². The maximum Gasteiger partial charge on any atom is 0.330 e. The smallest absolute Gasteiger partial charge is 0.330 e. The van der Waals surface area contributed by atoms with Crippen molar-refractivity contribution in [2.45, 2.75) is 63.7 Å². The van der Waals surface area contributed by atoms with Gasteiger partial charge in [-0.1, -0.05) is 26.3 Å². The first kappa shape index (κ1) is 63.8. The van der Waals surface area contributed by atoms with Crippen molar-refractivity contribution in [3.05, 3.63) is 112 Å². The molecule has 3 N–H and O–H groups in total. The second-order valence-corrected chi connectivity index (χ2v) is 14.3. The highest BCUT2D eigenvalue weighted by molar-refractivity contribution is 6.20. The maximum absolute atomic E-state index is 11.9. The number of nitro groups is 2. The van der Waals surface area contributed by atoms with Gasteiger partial charge in [-0.2, -0.15) is 0 Å². The Balaban J connectivity index is 0.00000121. The molecule has 24 nitrogen and oxygen atoms in total. The second-order valence-electron chi connectivity index (χ2n) is 13.7. The summed E-state index contributed by atoms with van der Waals surface area (Å²) >= 11 is 5.96. The number of esters is 5. The number of nitro benzene ring substituents is 2. The number of Topliss-reactive ketones (excluding diaryl/α,β-unsaturated/α-hetero) is 1. The van der Waals surface area contributed by atoms with Gasteiger partial charge in [0.2, 0.25) is 0 Å².